The van der Waals surface area contributed by atoms with Crippen molar-refractivity contribution in [2.24, 2.45) is 0 Å². The number of amides is 1. The molecule has 0 atom stereocenters. The van der Waals surface area contributed by atoms with E-state index in [1.165, 1.54) is 5.56 Å². The summed E-state index contributed by atoms with van der Waals surface area (Å²) < 4.78 is 6.13. The maximum absolute atomic E-state index is 12.9. The number of H-pyrrole nitrogens is 1. The Morgan fingerprint density at radius 2 is 1.97 bits per heavy atom. The highest BCUT2D eigenvalue weighted by molar-refractivity contribution is 6.33. The summed E-state index contributed by atoms with van der Waals surface area (Å²) in [6.45, 7) is 4.22. The lowest BCUT2D eigenvalue weighted by atomic mass is 10.1. The number of nitrogens with one attached hydrogen (secondary N) is 2. The summed E-state index contributed by atoms with van der Waals surface area (Å²) in [4.78, 5) is 26.5. The average Bonchev–Trinajstić information content (AvgIpc) is 3.27. The van der Waals surface area contributed by atoms with E-state index in [-0.39, 0.29) is 16.9 Å². The fraction of sp³-hybridized carbons (Fsp3) is 0.143. The molecule has 0 saturated carbocycles. The zero-order valence-corrected chi connectivity index (χ0v) is 17.0. The highest BCUT2D eigenvalue weighted by Crippen LogP contribution is 2.24. The second kappa shape index (κ2) is 8.00. The number of aryl methyl sites for hydroxylation is 2. The van der Waals surface area contributed by atoms with Crippen molar-refractivity contribution < 1.29 is 9.32 Å². The highest BCUT2D eigenvalue weighted by atomic mass is 35.5. The minimum absolute atomic E-state index is 0.266. The van der Waals surface area contributed by atoms with Gasteiger partial charge >= 0.3 is 5.76 Å². The smallest absolute Gasteiger partial charge is 0.322 e. The molecule has 2 aromatic heterocycles. The number of benzene rings is 2. The molecule has 9 heteroatoms. The monoisotopic (exact) mass is 423 g/mol. The molecule has 0 spiro atoms. The summed E-state index contributed by atoms with van der Waals surface area (Å²) in [5.74, 6) is -0.752. The van der Waals surface area contributed by atoms with Gasteiger partial charge in [0.1, 0.15) is 5.15 Å². The van der Waals surface area contributed by atoms with Crippen LogP contribution < -0.4 is 11.1 Å². The van der Waals surface area contributed by atoms with Gasteiger partial charge in [-0.15, -0.1) is 0 Å². The van der Waals surface area contributed by atoms with Crippen molar-refractivity contribution in [3.8, 4) is 11.4 Å². The van der Waals surface area contributed by atoms with E-state index < -0.39 is 5.76 Å². The number of halogens is 1. The van der Waals surface area contributed by atoms with Crippen LogP contribution in [0.15, 0.2) is 57.8 Å². The minimum atomic E-state index is -0.650. The van der Waals surface area contributed by atoms with Crippen molar-refractivity contribution in [1.82, 2.24) is 19.9 Å². The Morgan fingerprint density at radius 3 is 2.67 bits per heavy atom. The quantitative estimate of drug-likeness (QED) is 0.508. The predicted molar refractivity (Wildman–Crippen MR) is 113 cm³/mol. The maximum atomic E-state index is 12.9. The second-order valence-corrected chi connectivity index (χ2v) is 7.23. The van der Waals surface area contributed by atoms with Crippen LogP contribution in [0.3, 0.4) is 0 Å². The van der Waals surface area contributed by atoms with Crippen molar-refractivity contribution >= 4 is 23.2 Å². The van der Waals surface area contributed by atoms with Crippen LogP contribution in [0.1, 0.15) is 27.2 Å². The van der Waals surface area contributed by atoms with Crippen molar-refractivity contribution in [3.05, 3.63) is 86.6 Å². The standard InChI is InChI=1S/C21H18ClN5O3/c1-12-6-8-14(9-7-12)11-27-18(22)17(13(2)25-27)20(28)23-16-5-3-4-15(10-16)19-24-21(29)30-26-19/h3-10H,11H2,1-2H3,(H,23,28)(H,24,26,29). The number of aromatic nitrogens is 4. The summed E-state index contributed by atoms with van der Waals surface area (Å²) in [7, 11) is 0. The van der Waals surface area contributed by atoms with Crippen LogP contribution in [0.2, 0.25) is 5.15 Å². The van der Waals surface area contributed by atoms with E-state index in [9.17, 15) is 9.59 Å². The average molecular weight is 424 g/mol. The molecule has 152 valence electrons. The first-order valence-corrected chi connectivity index (χ1v) is 9.55. The molecule has 4 rings (SSSR count). The van der Waals surface area contributed by atoms with Gasteiger partial charge in [0, 0.05) is 11.3 Å². The number of anilines is 1. The van der Waals surface area contributed by atoms with Gasteiger partial charge in [-0.25, -0.2) is 9.48 Å². The van der Waals surface area contributed by atoms with Crippen LogP contribution in [0.4, 0.5) is 5.69 Å². The van der Waals surface area contributed by atoms with Gasteiger partial charge in [0.15, 0.2) is 5.82 Å². The van der Waals surface area contributed by atoms with E-state index in [1.54, 1.807) is 35.9 Å². The van der Waals surface area contributed by atoms with Crippen molar-refractivity contribution in [3.63, 3.8) is 0 Å². The molecular weight excluding hydrogens is 406 g/mol. The largest absolute Gasteiger partial charge is 0.439 e. The van der Waals surface area contributed by atoms with Gasteiger partial charge in [-0.05, 0) is 31.5 Å². The summed E-state index contributed by atoms with van der Waals surface area (Å²) in [5, 5.41) is 11.2. The lowest BCUT2D eigenvalue weighted by Crippen LogP contribution is -2.13. The number of aromatic amines is 1. The molecule has 2 heterocycles. The normalized spacial score (nSPS) is 10.9. The zero-order chi connectivity index (χ0) is 21.3. The Labute approximate surface area is 176 Å². The van der Waals surface area contributed by atoms with E-state index in [0.717, 1.165) is 5.56 Å². The summed E-state index contributed by atoms with van der Waals surface area (Å²) in [6, 6.07) is 14.9. The Bertz CT molecular complexity index is 1270. The first kappa shape index (κ1) is 19.7. The maximum Gasteiger partial charge on any atom is 0.439 e. The lowest BCUT2D eigenvalue weighted by Gasteiger charge is -2.07. The minimum Gasteiger partial charge on any atom is -0.322 e. The van der Waals surface area contributed by atoms with Gasteiger partial charge in [0.05, 0.1) is 17.8 Å². The molecule has 0 unspecified atom stereocenters. The highest BCUT2D eigenvalue weighted by Gasteiger charge is 2.21. The molecule has 0 saturated heterocycles. The van der Waals surface area contributed by atoms with E-state index in [4.69, 9.17) is 11.6 Å². The van der Waals surface area contributed by atoms with Gasteiger partial charge < -0.3 is 5.32 Å². The fourth-order valence-electron chi connectivity index (χ4n) is 3.07. The van der Waals surface area contributed by atoms with Crippen LogP contribution in [0.25, 0.3) is 11.4 Å². The third-order valence-electron chi connectivity index (χ3n) is 4.58. The number of carbonyl (C=O) groups is 1. The molecule has 0 aliphatic heterocycles. The van der Waals surface area contributed by atoms with Crippen molar-refractivity contribution in [2.45, 2.75) is 20.4 Å². The Morgan fingerprint density at radius 1 is 1.20 bits per heavy atom. The molecule has 0 aliphatic carbocycles. The Hall–Kier alpha value is -3.65. The Balaban J connectivity index is 1.56. The van der Waals surface area contributed by atoms with Gasteiger partial charge in [-0.1, -0.05) is 58.7 Å². The van der Waals surface area contributed by atoms with Crippen LogP contribution in [-0.2, 0) is 6.54 Å². The molecule has 0 radical (unpaired) electrons. The number of hydrogen-bond donors (Lipinski definition) is 2. The third-order valence-corrected chi connectivity index (χ3v) is 4.96. The number of rotatable bonds is 5. The van der Waals surface area contributed by atoms with Gasteiger partial charge in [0.25, 0.3) is 5.91 Å². The summed E-state index contributed by atoms with van der Waals surface area (Å²) in [6.07, 6.45) is 0. The molecule has 8 nitrogen and oxygen atoms in total. The molecule has 2 N–H and O–H groups in total. The van der Waals surface area contributed by atoms with E-state index >= 15 is 0 Å². The number of hydrogen-bond acceptors (Lipinski definition) is 5. The zero-order valence-electron chi connectivity index (χ0n) is 16.3. The predicted octanol–water partition coefficient (Wildman–Crippen LogP) is 3.80. The molecule has 2 aromatic carbocycles. The van der Waals surface area contributed by atoms with Crippen LogP contribution in [-0.4, -0.2) is 25.8 Å². The first-order chi connectivity index (χ1) is 14.4. The molecule has 30 heavy (non-hydrogen) atoms. The summed E-state index contributed by atoms with van der Waals surface area (Å²) in [5.41, 5.74) is 4.15. The molecular formula is C21H18ClN5O3. The number of carbonyl (C=O) groups excluding carboxylic acids is 1. The number of nitrogens with zero attached hydrogens (tertiary/aromatic N) is 3. The van der Waals surface area contributed by atoms with Gasteiger partial charge in [-0.3, -0.25) is 14.3 Å². The van der Waals surface area contributed by atoms with Crippen LogP contribution >= 0.6 is 11.6 Å². The summed E-state index contributed by atoms with van der Waals surface area (Å²) >= 11 is 6.48. The molecule has 1 amide bonds. The topological polar surface area (TPSA) is 106 Å². The third kappa shape index (κ3) is 4.04. The lowest BCUT2D eigenvalue weighted by molar-refractivity contribution is 0.102. The van der Waals surface area contributed by atoms with Gasteiger partial charge in [-0.2, -0.15) is 5.10 Å². The van der Waals surface area contributed by atoms with E-state index in [2.05, 4.69) is 25.1 Å². The Kier molecular flexibility index (Phi) is 5.24. The van der Waals surface area contributed by atoms with E-state index in [0.29, 0.717) is 29.1 Å². The van der Waals surface area contributed by atoms with Crippen molar-refractivity contribution in [1.29, 1.82) is 0 Å². The molecule has 0 bridgehead atoms. The SMILES string of the molecule is Cc1ccc(Cn2nc(C)c(C(=O)Nc3cccc(-c4noc(=O)[nH]4)c3)c2Cl)cc1. The van der Waals surface area contributed by atoms with Crippen LogP contribution in [0.5, 0.6) is 0 Å². The van der Waals surface area contributed by atoms with Gasteiger partial charge in [0.2, 0.25) is 0 Å². The van der Waals surface area contributed by atoms with Crippen LogP contribution in [0, 0.1) is 13.8 Å². The molecule has 4 aromatic rings. The van der Waals surface area contributed by atoms with Crippen molar-refractivity contribution in [2.75, 3.05) is 5.32 Å². The first-order valence-electron chi connectivity index (χ1n) is 9.17. The fourth-order valence-corrected chi connectivity index (χ4v) is 3.39. The van der Waals surface area contributed by atoms with E-state index in [1.807, 2.05) is 31.2 Å². The molecule has 0 aliphatic rings. The molecule has 0 fully saturated rings. The second-order valence-electron chi connectivity index (χ2n) is 6.87.